The fourth-order valence-electron chi connectivity index (χ4n) is 9.07. The molecule has 0 atom stereocenters. The molecule has 3 heteroatoms. The van der Waals surface area contributed by atoms with Gasteiger partial charge in [-0.3, -0.25) is 0 Å². The smallest absolute Gasteiger partial charge is 0.137 e. The zero-order valence-electron chi connectivity index (χ0n) is 30.8. The third kappa shape index (κ3) is 4.92. The molecule has 57 heavy (non-hydrogen) atoms. The molecule has 0 amide bonds. The Morgan fingerprint density at radius 3 is 1.70 bits per heavy atom. The van der Waals surface area contributed by atoms with Crippen LogP contribution in [-0.2, 0) is 0 Å². The van der Waals surface area contributed by atoms with Gasteiger partial charge in [-0.05, 0) is 109 Å². The number of fused-ring (bicyclic) bond motifs is 11. The number of furan rings is 2. The molecule has 2 aromatic heterocycles. The average molecular weight is 728 g/mol. The molecule has 0 aliphatic carbocycles. The summed E-state index contributed by atoms with van der Waals surface area (Å²) in [5.74, 6) is 0. The summed E-state index contributed by atoms with van der Waals surface area (Å²) in [5.41, 5.74) is 11.2. The maximum Gasteiger partial charge on any atom is 0.137 e. The highest BCUT2D eigenvalue weighted by Gasteiger charge is 2.23. The molecule has 266 valence electrons. The number of anilines is 3. The maximum atomic E-state index is 6.80. The number of rotatable bonds is 5. The van der Waals surface area contributed by atoms with Gasteiger partial charge < -0.3 is 13.7 Å². The molecule has 3 nitrogen and oxygen atoms in total. The highest BCUT2D eigenvalue weighted by Crippen LogP contribution is 2.48. The van der Waals surface area contributed by atoms with Gasteiger partial charge in [0.05, 0.1) is 11.1 Å². The number of hydrogen-bond donors (Lipinski definition) is 0. The van der Waals surface area contributed by atoms with Gasteiger partial charge in [-0.1, -0.05) is 140 Å². The third-order valence-electron chi connectivity index (χ3n) is 11.6. The Kier molecular flexibility index (Phi) is 6.93. The standard InChI is InChI=1S/C54H33NO2/c1-2-13-34(14-3-1)47-33-52-53(45-21-9-8-19-42(45)47)54-48(22-12-24-50(54)57-52)55(38-29-30-44-43-20-10-11-23-49(43)56-51(44)32-38)37-27-25-35(26-28-37)46-31-36-15-4-5-16-39(36)40-17-6-7-18-41(40)46/h1-33H. The molecule has 0 aliphatic heterocycles. The van der Waals surface area contributed by atoms with Crippen LogP contribution in [0.25, 0.3) is 98.4 Å². The Balaban J connectivity index is 1.10. The number of nitrogens with zero attached hydrogens (tertiary/aromatic N) is 1. The van der Waals surface area contributed by atoms with E-state index < -0.39 is 0 Å². The SMILES string of the molecule is c1ccc(-c2cc3oc4cccc(N(c5ccc(-c6cc7ccccc7c7ccccc67)cc5)c5ccc6c(c5)oc5ccccc56)c4c3c3ccccc23)cc1. The summed E-state index contributed by atoms with van der Waals surface area (Å²) in [6.07, 6.45) is 0. The summed E-state index contributed by atoms with van der Waals surface area (Å²) in [6, 6.07) is 71.4. The zero-order chi connectivity index (χ0) is 37.5. The van der Waals surface area contributed by atoms with Crippen LogP contribution < -0.4 is 4.90 Å². The topological polar surface area (TPSA) is 29.5 Å². The van der Waals surface area contributed by atoms with Gasteiger partial charge in [-0.2, -0.15) is 0 Å². The molecule has 2 heterocycles. The molecule has 0 spiro atoms. The molecular formula is C54H33NO2. The fraction of sp³-hybridized carbons (Fsp3) is 0. The van der Waals surface area contributed by atoms with Gasteiger partial charge in [-0.25, -0.2) is 0 Å². The molecule has 0 fully saturated rings. The minimum absolute atomic E-state index is 0.840. The predicted molar refractivity (Wildman–Crippen MR) is 239 cm³/mol. The highest BCUT2D eigenvalue weighted by molar-refractivity contribution is 6.25. The Morgan fingerprint density at radius 2 is 0.877 bits per heavy atom. The summed E-state index contributed by atoms with van der Waals surface area (Å²) < 4.78 is 13.3. The summed E-state index contributed by atoms with van der Waals surface area (Å²) in [7, 11) is 0. The molecule has 12 aromatic rings. The largest absolute Gasteiger partial charge is 0.456 e. The second kappa shape index (κ2) is 12.5. The predicted octanol–water partition coefficient (Wildman–Crippen LogP) is 15.7. The van der Waals surface area contributed by atoms with Crippen molar-refractivity contribution < 1.29 is 8.83 Å². The van der Waals surface area contributed by atoms with Gasteiger partial charge in [0.2, 0.25) is 0 Å². The quantitative estimate of drug-likeness (QED) is 0.165. The monoisotopic (exact) mass is 727 g/mol. The molecule has 10 aromatic carbocycles. The van der Waals surface area contributed by atoms with E-state index in [1.807, 2.05) is 12.1 Å². The van der Waals surface area contributed by atoms with Crippen molar-refractivity contribution >= 4 is 93.3 Å². The second-order valence-corrected chi connectivity index (χ2v) is 14.8. The van der Waals surface area contributed by atoms with Crippen LogP contribution in [0.15, 0.2) is 209 Å². The van der Waals surface area contributed by atoms with Crippen LogP contribution in [0.5, 0.6) is 0 Å². The second-order valence-electron chi connectivity index (χ2n) is 14.8. The summed E-state index contributed by atoms with van der Waals surface area (Å²) in [6.45, 7) is 0. The van der Waals surface area contributed by atoms with E-state index in [0.29, 0.717) is 0 Å². The molecular weight excluding hydrogens is 695 g/mol. The number of hydrogen-bond acceptors (Lipinski definition) is 3. The molecule has 0 aliphatic rings. The average Bonchev–Trinajstić information content (AvgIpc) is 3.85. The van der Waals surface area contributed by atoms with Crippen LogP contribution in [0.2, 0.25) is 0 Å². The van der Waals surface area contributed by atoms with Crippen molar-refractivity contribution in [2.24, 2.45) is 0 Å². The van der Waals surface area contributed by atoms with Crippen molar-refractivity contribution in [3.05, 3.63) is 200 Å². The van der Waals surface area contributed by atoms with Gasteiger partial charge in [0.25, 0.3) is 0 Å². The number of para-hydroxylation sites is 1. The lowest BCUT2D eigenvalue weighted by Crippen LogP contribution is -2.10. The Morgan fingerprint density at radius 1 is 0.298 bits per heavy atom. The van der Waals surface area contributed by atoms with E-state index in [2.05, 4.69) is 193 Å². The van der Waals surface area contributed by atoms with E-state index in [1.54, 1.807) is 0 Å². The summed E-state index contributed by atoms with van der Waals surface area (Å²) >= 11 is 0. The van der Waals surface area contributed by atoms with E-state index in [-0.39, 0.29) is 0 Å². The van der Waals surface area contributed by atoms with Crippen molar-refractivity contribution in [2.45, 2.75) is 0 Å². The maximum absolute atomic E-state index is 6.80. The van der Waals surface area contributed by atoms with Crippen LogP contribution in [0.4, 0.5) is 17.1 Å². The minimum atomic E-state index is 0.840. The molecule has 0 bridgehead atoms. The van der Waals surface area contributed by atoms with Crippen LogP contribution in [0.3, 0.4) is 0 Å². The van der Waals surface area contributed by atoms with Crippen molar-refractivity contribution in [2.75, 3.05) is 4.90 Å². The van der Waals surface area contributed by atoms with Crippen molar-refractivity contribution in [3.8, 4) is 22.3 Å². The minimum Gasteiger partial charge on any atom is -0.456 e. The van der Waals surface area contributed by atoms with Crippen molar-refractivity contribution in [1.82, 2.24) is 0 Å². The summed E-state index contributed by atoms with van der Waals surface area (Å²) in [4.78, 5) is 2.35. The van der Waals surface area contributed by atoms with Crippen LogP contribution in [-0.4, -0.2) is 0 Å². The van der Waals surface area contributed by atoms with Gasteiger partial charge in [-0.15, -0.1) is 0 Å². The Bertz CT molecular complexity index is 3520. The van der Waals surface area contributed by atoms with E-state index in [0.717, 1.165) is 77.5 Å². The van der Waals surface area contributed by atoms with E-state index in [9.17, 15) is 0 Å². The first-order chi connectivity index (χ1) is 28.3. The van der Waals surface area contributed by atoms with E-state index >= 15 is 0 Å². The molecule has 12 rings (SSSR count). The lowest BCUT2D eigenvalue weighted by molar-refractivity contribution is 0.669. The van der Waals surface area contributed by atoms with Crippen LogP contribution in [0, 0.1) is 0 Å². The molecule has 0 saturated carbocycles. The first-order valence-electron chi connectivity index (χ1n) is 19.4. The van der Waals surface area contributed by atoms with E-state index in [1.165, 1.54) is 38.1 Å². The lowest BCUT2D eigenvalue weighted by atomic mass is 9.93. The Hall–Kier alpha value is -7.62. The third-order valence-corrected chi connectivity index (χ3v) is 11.6. The molecule has 0 saturated heterocycles. The van der Waals surface area contributed by atoms with Crippen LogP contribution >= 0.6 is 0 Å². The van der Waals surface area contributed by atoms with Crippen LogP contribution in [0.1, 0.15) is 0 Å². The van der Waals surface area contributed by atoms with E-state index in [4.69, 9.17) is 8.83 Å². The molecule has 0 radical (unpaired) electrons. The number of benzene rings is 10. The molecule has 0 unspecified atom stereocenters. The van der Waals surface area contributed by atoms with Gasteiger partial charge in [0.15, 0.2) is 0 Å². The van der Waals surface area contributed by atoms with Gasteiger partial charge in [0.1, 0.15) is 22.3 Å². The zero-order valence-corrected chi connectivity index (χ0v) is 30.8. The molecule has 0 N–H and O–H groups in total. The fourth-order valence-corrected chi connectivity index (χ4v) is 9.07. The Labute approximate surface area is 328 Å². The normalized spacial score (nSPS) is 11.9. The first-order valence-corrected chi connectivity index (χ1v) is 19.4. The van der Waals surface area contributed by atoms with Crippen molar-refractivity contribution in [3.63, 3.8) is 0 Å². The van der Waals surface area contributed by atoms with Gasteiger partial charge in [0, 0.05) is 33.6 Å². The summed E-state index contributed by atoms with van der Waals surface area (Å²) in [5, 5.41) is 11.7. The lowest BCUT2D eigenvalue weighted by Gasteiger charge is -2.26. The van der Waals surface area contributed by atoms with Crippen molar-refractivity contribution in [1.29, 1.82) is 0 Å². The highest BCUT2D eigenvalue weighted by atomic mass is 16.3. The first kappa shape index (κ1) is 31.7. The van der Waals surface area contributed by atoms with Gasteiger partial charge >= 0.3 is 0 Å².